The van der Waals surface area contributed by atoms with Gasteiger partial charge in [-0.1, -0.05) is 35.5 Å². The molecule has 1 atom stereocenters. The molecule has 0 spiro atoms. The van der Waals surface area contributed by atoms with Crippen molar-refractivity contribution in [2.45, 2.75) is 24.9 Å². The summed E-state index contributed by atoms with van der Waals surface area (Å²) in [6.07, 6.45) is 3.93. The molecule has 1 fully saturated rings. The van der Waals surface area contributed by atoms with Crippen molar-refractivity contribution in [2.75, 3.05) is 4.90 Å². The molecule has 20 heavy (non-hydrogen) atoms. The number of nitrogens with two attached hydrogens (primary N) is 1. The number of thioether (sulfide) groups is 1. The van der Waals surface area contributed by atoms with E-state index < -0.39 is 0 Å². The summed E-state index contributed by atoms with van der Waals surface area (Å²) in [6.45, 7) is 0.411. The lowest BCUT2D eigenvalue weighted by Crippen LogP contribution is -2.42. The van der Waals surface area contributed by atoms with Gasteiger partial charge in [0.15, 0.2) is 5.50 Å². The normalized spacial score (nSPS) is 21.3. The summed E-state index contributed by atoms with van der Waals surface area (Å²) in [5.74, 6) is 0.316. The number of amides is 1. The predicted octanol–water partition coefficient (Wildman–Crippen LogP) is 2.63. The van der Waals surface area contributed by atoms with Gasteiger partial charge >= 0.3 is 0 Å². The highest BCUT2D eigenvalue weighted by Crippen LogP contribution is 2.37. The van der Waals surface area contributed by atoms with Gasteiger partial charge in [0.1, 0.15) is 0 Å². The summed E-state index contributed by atoms with van der Waals surface area (Å²) in [7, 11) is 0. The molecule has 3 N–H and O–H groups in total. The minimum absolute atomic E-state index is 0.123. The number of benzene rings is 1. The quantitative estimate of drug-likeness (QED) is 0.897. The Hall–Kier alpha value is -1.17. The zero-order valence-electron chi connectivity index (χ0n) is 10.9. The summed E-state index contributed by atoms with van der Waals surface area (Å²) in [5.41, 5.74) is 7.49. The summed E-state index contributed by atoms with van der Waals surface area (Å²) in [6, 6.07) is 5.68. The van der Waals surface area contributed by atoms with E-state index in [4.69, 9.17) is 17.3 Å². The number of halogens is 1. The Morgan fingerprint density at radius 1 is 1.50 bits per heavy atom. The number of rotatable bonds is 4. The fourth-order valence-electron chi connectivity index (χ4n) is 2.21. The van der Waals surface area contributed by atoms with Gasteiger partial charge in [-0.3, -0.25) is 4.79 Å². The number of hydrogen-bond donors (Lipinski definition) is 2. The van der Waals surface area contributed by atoms with Crippen molar-refractivity contribution in [2.24, 2.45) is 11.7 Å². The first-order chi connectivity index (χ1) is 9.70. The van der Waals surface area contributed by atoms with Crippen LogP contribution in [0.15, 0.2) is 29.8 Å². The van der Waals surface area contributed by atoms with Gasteiger partial charge in [0, 0.05) is 18.7 Å². The summed E-state index contributed by atoms with van der Waals surface area (Å²) in [4.78, 5) is 13.9. The van der Waals surface area contributed by atoms with Crippen molar-refractivity contribution in [1.29, 1.82) is 0 Å². The van der Waals surface area contributed by atoms with Gasteiger partial charge in [0.25, 0.3) is 0 Å². The molecular formula is C14H16ClN3OS. The molecule has 1 aromatic rings. The third-order valence-corrected chi connectivity index (χ3v) is 4.63. The maximum absolute atomic E-state index is 11.9. The zero-order valence-corrected chi connectivity index (χ0v) is 12.5. The lowest BCUT2D eigenvalue weighted by molar-refractivity contribution is -0.122. The van der Waals surface area contributed by atoms with Crippen molar-refractivity contribution in [3.05, 3.63) is 40.4 Å². The number of para-hydroxylation sites is 1. The lowest BCUT2D eigenvalue weighted by atomic mass is 10.1. The molecule has 3 rings (SSSR count). The van der Waals surface area contributed by atoms with Crippen LogP contribution in [-0.2, 0) is 11.3 Å². The van der Waals surface area contributed by atoms with Crippen molar-refractivity contribution in [1.82, 2.24) is 5.32 Å². The fourth-order valence-corrected chi connectivity index (χ4v) is 3.35. The molecule has 1 heterocycles. The van der Waals surface area contributed by atoms with Crippen LogP contribution in [0.3, 0.4) is 0 Å². The number of nitrogens with zero attached hydrogens (tertiary/aromatic N) is 1. The second kappa shape index (κ2) is 5.68. The number of carbonyl (C=O) groups is 1. The maximum atomic E-state index is 11.9. The van der Waals surface area contributed by atoms with Gasteiger partial charge in [-0.05, 0) is 29.9 Å². The molecule has 1 unspecified atom stereocenters. The highest BCUT2D eigenvalue weighted by molar-refractivity contribution is 8.03. The largest absolute Gasteiger partial charge is 0.326 e. The summed E-state index contributed by atoms with van der Waals surface area (Å²) in [5, 5.41) is 5.66. The number of carbonyl (C=O) groups excluding carboxylic acids is 1. The first-order valence-electron chi connectivity index (χ1n) is 6.59. The molecule has 106 valence electrons. The third kappa shape index (κ3) is 2.66. The zero-order chi connectivity index (χ0) is 14.1. The molecule has 2 aliphatic rings. The molecule has 1 aliphatic heterocycles. The molecule has 0 saturated heterocycles. The van der Waals surface area contributed by atoms with Crippen LogP contribution in [0.25, 0.3) is 0 Å². The van der Waals surface area contributed by atoms with Gasteiger partial charge in [-0.15, -0.1) is 0 Å². The fraction of sp³-hybridized carbons (Fsp3) is 0.357. The number of hydrogen-bond acceptors (Lipinski definition) is 4. The lowest BCUT2D eigenvalue weighted by Gasteiger charge is -2.28. The highest BCUT2D eigenvalue weighted by Gasteiger charge is 2.33. The highest BCUT2D eigenvalue weighted by atomic mass is 35.5. The van der Waals surface area contributed by atoms with Crippen LogP contribution in [-0.4, -0.2) is 11.4 Å². The van der Waals surface area contributed by atoms with Gasteiger partial charge < -0.3 is 16.0 Å². The predicted molar refractivity (Wildman–Crippen MR) is 83.2 cm³/mol. The minimum Gasteiger partial charge on any atom is -0.326 e. The van der Waals surface area contributed by atoms with E-state index in [-0.39, 0.29) is 17.3 Å². The molecule has 1 amide bonds. The first kappa shape index (κ1) is 13.8. The van der Waals surface area contributed by atoms with E-state index >= 15 is 0 Å². The Morgan fingerprint density at radius 2 is 2.30 bits per heavy atom. The molecule has 0 bridgehead atoms. The molecule has 1 saturated carbocycles. The molecule has 4 nitrogen and oxygen atoms in total. The molecule has 1 aromatic carbocycles. The molecule has 1 aliphatic carbocycles. The Bertz CT molecular complexity index is 559. The van der Waals surface area contributed by atoms with Crippen molar-refractivity contribution >= 4 is 35.0 Å². The second-order valence-electron chi connectivity index (χ2n) is 4.92. The Labute approximate surface area is 127 Å². The average Bonchev–Trinajstić information content (AvgIpc) is 3.20. The smallest absolute Gasteiger partial charge is 0.225 e. The summed E-state index contributed by atoms with van der Waals surface area (Å²) < 4.78 is 0. The van der Waals surface area contributed by atoms with Crippen molar-refractivity contribution in [3.8, 4) is 0 Å². The van der Waals surface area contributed by atoms with E-state index in [1.54, 1.807) is 11.8 Å². The summed E-state index contributed by atoms with van der Waals surface area (Å²) >= 11 is 7.87. The van der Waals surface area contributed by atoms with E-state index in [0.717, 1.165) is 24.1 Å². The van der Waals surface area contributed by atoms with Gasteiger partial charge in [-0.25, -0.2) is 0 Å². The Morgan fingerprint density at radius 3 is 3.00 bits per heavy atom. The molecule has 0 radical (unpaired) electrons. The molecule has 6 heteroatoms. The van der Waals surface area contributed by atoms with Crippen LogP contribution in [0.4, 0.5) is 5.69 Å². The standard InChI is InChI=1S/C14H16ClN3OS/c15-11-3-1-2-10(8-16)12(11)18-6-7-20-14(18)17-13(19)9-4-5-9/h1-3,6-7,9,14H,4-5,8,16H2,(H,17,19). The molecular weight excluding hydrogens is 294 g/mol. The number of anilines is 1. The molecule has 0 aromatic heterocycles. The number of nitrogens with one attached hydrogen (secondary N) is 1. The Balaban J connectivity index is 1.84. The van der Waals surface area contributed by atoms with E-state index in [1.165, 1.54) is 0 Å². The van der Waals surface area contributed by atoms with Crippen LogP contribution < -0.4 is 16.0 Å². The topological polar surface area (TPSA) is 58.4 Å². The van der Waals surface area contributed by atoms with Crippen LogP contribution >= 0.6 is 23.4 Å². The monoisotopic (exact) mass is 309 g/mol. The van der Waals surface area contributed by atoms with Crippen LogP contribution in [0.5, 0.6) is 0 Å². The SMILES string of the molecule is NCc1cccc(Cl)c1N1C=CSC1NC(=O)C1CC1. The van der Waals surface area contributed by atoms with Crippen LogP contribution in [0.1, 0.15) is 18.4 Å². The van der Waals surface area contributed by atoms with Gasteiger partial charge in [-0.2, -0.15) is 0 Å². The van der Waals surface area contributed by atoms with Crippen LogP contribution in [0.2, 0.25) is 5.02 Å². The third-order valence-electron chi connectivity index (χ3n) is 3.44. The van der Waals surface area contributed by atoms with Crippen molar-refractivity contribution in [3.63, 3.8) is 0 Å². The van der Waals surface area contributed by atoms with Crippen molar-refractivity contribution < 1.29 is 4.79 Å². The maximum Gasteiger partial charge on any atom is 0.225 e. The first-order valence-corrected chi connectivity index (χ1v) is 7.91. The second-order valence-corrected chi connectivity index (χ2v) is 6.31. The minimum atomic E-state index is -0.145. The van der Waals surface area contributed by atoms with E-state index in [1.807, 2.05) is 34.7 Å². The van der Waals surface area contributed by atoms with E-state index in [0.29, 0.717) is 11.6 Å². The van der Waals surface area contributed by atoms with E-state index in [9.17, 15) is 4.79 Å². The van der Waals surface area contributed by atoms with Gasteiger partial charge in [0.05, 0.1) is 10.7 Å². The van der Waals surface area contributed by atoms with E-state index in [2.05, 4.69) is 5.32 Å². The average molecular weight is 310 g/mol. The van der Waals surface area contributed by atoms with Gasteiger partial charge in [0.2, 0.25) is 5.91 Å². The Kier molecular flexibility index (Phi) is 3.92. The van der Waals surface area contributed by atoms with Crippen LogP contribution in [0, 0.1) is 5.92 Å².